The zero-order valence-electron chi connectivity index (χ0n) is 10.1. The molecule has 1 aromatic heterocycles. The lowest BCUT2D eigenvalue weighted by atomic mass is 9.87. The molecule has 0 bridgehead atoms. The highest BCUT2D eigenvalue weighted by atomic mass is 28.3. The standard InChI is InChI=1S/C9H19BN2O3Si/c1-16(2,3)7-6-15-8-12-5-4-9(11-12)10(13)14/h4-5,13-14H,6-8H2,1-3H3. The minimum atomic E-state index is -1.51. The fraction of sp³-hybridized carbons (Fsp3) is 0.667. The van der Waals surface area contributed by atoms with Crippen molar-refractivity contribution in [3.63, 3.8) is 0 Å². The molecule has 1 heterocycles. The van der Waals surface area contributed by atoms with Gasteiger partial charge in [-0.3, -0.25) is 0 Å². The monoisotopic (exact) mass is 242 g/mol. The molecular weight excluding hydrogens is 223 g/mol. The predicted molar refractivity (Wildman–Crippen MR) is 66.2 cm³/mol. The van der Waals surface area contributed by atoms with Crippen LogP contribution in [0.5, 0.6) is 0 Å². The van der Waals surface area contributed by atoms with Crippen LogP contribution in [0.3, 0.4) is 0 Å². The smallest absolute Gasteiger partial charge is 0.422 e. The van der Waals surface area contributed by atoms with E-state index < -0.39 is 15.2 Å². The molecule has 90 valence electrons. The Morgan fingerprint density at radius 1 is 1.44 bits per heavy atom. The molecule has 0 fully saturated rings. The molecular formula is C9H19BN2O3Si. The van der Waals surface area contributed by atoms with Crippen molar-refractivity contribution < 1.29 is 14.8 Å². The second-order valence-corrected chi connectivity index (χ2v) is 10.6. The number of hydrogen-bond donors (Lipinski definition) is 2. The molecule has 7 heteroatoms. The maximum Gasteiger partial charge on any atom is 0.510 e. The summed E-state index contributed by atoms with van der Waals surface area (Å²) in [5.41, 5.74) is 0.244. The Kier molecular flexibility index (Phi) is 4.72. The molecule has 2 N–H and O–H groups in total. The fourth-order valence-electron chi connectivity index (χ4n) is 1.12. The molecule has 0 radical (unpaired) electrons. The van der Waals surface area contributed by atoms with E-state index in [2.05, 4.69) is 24.7 Å². The molecule has 1 rings (SSSR count). The van der Waals surface area contributed by atoms with Crippen LogP contribution in [0, 0.1) is 0 Å². The highest BCUT2D eigenvalue weighted by Crippen LogP contribution is 2.07. The van der Waals surface area contributed by atoms with Crippen molar-refractivity contribution in [1.29, 1.82) is 0 Å². The van der Waals surface area contributed by atoms with E-state index in [1.54, 1.807) is 16.9 Å². The van der Waals surface area contributed by atoms with E-state index in [9.17, 15) is 0 Å². The van der Waals surface area contributed by atoms with Crippen molar-refractivity contribution in [2.75, 3.05) is 6.61 Å². The molecule has 1 aromatic rings. The first-order chi connectivity index (χ1) is 7.38. The summed E-state index contributed by atoms with van der Waals surface area (Å²) in [5.74, 6) is 0. The molecule has 0 saturated heterocycles. The molecule has 5 nitrogen and oxygen atoms in total. The molecule has 0 unspecified atom stereocenters. The molecule has 0 atom stereocenters. The van der Waals surface area contributed by atoms with Gasteiger partial charge in [0, 0.05) is 20.9 Å². The van der Waals surface area contributed by atoms with Crippen molar-refractivity contribution in [1.82, 2.24) is 9.78 Å². The maximum atomic E-state index is 8.86. The predicted octanol–water partition coefficient (Wildman–Crippen LogP) is -0.125. The highest BCUT2D eigenvalue weighted by molar-refractivity contribution is 6.76. The Morgan fingerprint density at radius 3 is 2.62 bits per heavy atom. The fourth-order valence-corrected chi connectivity index (χ4v) is 1.88. The summed E-state index contributed by atoms with van der Waals surface area (Å²) in [5, 5.41) is 21.7. The number of nitrogens with zero attached hydrogens (tertiary/aromatic N) is 2. The quantitative estimate of drug-likeness (QED) is 0.539. The van der Waals surface area contributed by atoms with Gasteiger partial charge in [-0.15, -0.1) is 0 Å². The Hall–Kier alpha value is -0.628. The van der Waals surface area contributed by atoms with E-state index in [-0.39, 0.29) is 5.59 Å². The summed E-state index contributed by atoms with van der Waals surface area (Å²) in [6, 6.07) is 2.68. The normalized spacial score (nSPS) is 11.8. The van der Waals surface area contributed by atoms with Gasteiger partial charge in [0.1, 0.15) is 6.73 Å². The topological polar surface area (TPSA) is 67.5 Å². The third-order valence-electron chi connectivity index (χ3n) is 2.15. The van der Waals surface area contributed by atoms with Crippen LogP contribution in [0.1, 0.15) is 0 Å². The van der Waals surface area contributed by atoms with Gasteiger partial charge in [0.25, 0.3) is 0 Å². The summed E-state index contributed by atoms with van der Waals surface area (Å²) in [6.45, 7) is 7.98. The van der Waals surface area contributed by atoms with Gasteiger partial charge in [-0.2, -0.15) is 5.10 Å². The molecule has 0 spiro atoms. The zero-order valence-corrected chi connectivity index (χ0v) is 11.1. The van der Waals surface area contributed by atoms with Crippen LogP contribution in [0.15, 0.2) is 12.3 Å². The van der Waals surface area contributed by atoms with Gasteiger partial charge >= 0.3 is 7.12 Å². The van der Waals surface area contributed by atoms with Gasteiger partial charge in [0.15, 0.2) is 0 Å². The third kappa shape index (κ3) is 4.93. The van der Waals surface area contributed by atoms with E-state index in [0.29, 0.717) is 6.73 Å². The van der Waals surface area contributed by atoms with Gasteiger partial charge in [0.2, 0.25) is 0 Å². The molecule has 0 aromatic carbocycles. The van der Waals surface area contributed by atoms with Crippen LogP contribution in [-0.2, 0) is 11.5 Å². The van der Waals surface area contributed by atoms with Crippen LogP contribution >= 0.6 is 0 Å². The Morgan fingerprint density at radius 2 is 2.12 bits per heavy atom. The van der Waals surface area contributed by atoms with Crippen LogP contribution in [-0.4, -0.2) is 41.6 Å². The molecule has 0 amide bonds. The highest BCUT2D eigenvalue weighted by Gasteiger charge is 2.14. The number of aromatic nitrogens is 2. The van der Waals surface area contributed by atoms with Crippen molar-refractivity contribution in [2.24, 2.45) is 0 Å². The van der Waals surface area contributed by atoms with Gasteiger partial charge < -0.3 is 14.8 Å². The Labute approximate surface area is 97.2 Å². The van der Waals surface area contributed by atoms with Crippen molar-refractivity contribution >= 4 is 20.8 Å². The van der Waals surface area contributed by atoms with E-state index in [1.165, 1.54) is 0 Å². The first-order valence-electron chi connectivity index (χ1n) is 5.36. The molecule has 0 aliphatic rings. The summed E-state index contributed by atoms with van der Waals surface area (Å²) in [7, 11) is -2.55. The second-order valence-electron chi connectivity index (χ2n) is 5.00. The summed E-state index contributed by atoms with van der Waals surface area (Å²) >= 11 is 0. The van der Waals surface area contributed by atoms with E-state index in [1.807, 2.05) is 0 Å². The average Bonchev–Trinajstić information content (AvgIpc) is 2.59. The summed E-state index contributed by atoms with van der Waals surface area (Å²) in [4.78, 5) is 0. The minimum Gasteiger partial charge on any atom is -0.422 e. The lowest BCUT2D eigenvalue weighted by Crippen LogP contribution is -2.31. The second kappa shape index (κ2) is 5.63. The van der Waals surface area contributed by atoms with Crippen molar-refractivity contribution in [3.05, 3.63) is 12.3 Å². The number of ether oxygens (including phenoxy) is 1. The minimum absolute atomic E-state index is 0.244. The van der Waals surface area contributed by atoms with Crippen LogP contribution in [0.25, 0.3) is 0 Å². The lowest BCUT2D eigenvalue weighted by Gasteiger charge is -2.15. The molecule has 16 heavy (non-hydrogen) atoms. The van der Waals surface area contributed by atoms with Crippen LogP contribution < -0.4 is 5.59 Å². The van der Waals surface area contributed by atoms with Gasteiger partial charge in [-0.05, 0) is 12.1 Å². The van der Waals surface area contributed by atoms with Crippen molar-refractivity contribution in [3.8, 4) is 0 Å². The number of hydrogen-bond acceptors (Lipinski definition) is 4. The molecule has 0 saturated carbocycles. The largest absolute Gasteiger partial charge is 0.510 e. The number of rotatable bonds is 6. The lowest BCUT2D eigenvalue weighted by molar-refractivity contribution is 0.0788. The van der Waals surface area contributed by atoms with E-state index in [0.717, 1.165) is 12.7 Å². The summed E-state index contributed by atoms with van der Waals surface area (Å²) in [6.07, 6.45) is 1.67. The first-order valence-corrected chi connectivity index (χ1v) is 9.06. The van der Waals surface area contributed by atoms with Gasteiger partial charge in [0.05, 0.1) is 5.59 Å². The Bertz CT molecular complexity index is 325. The van der Waals surface area contributed by atoms with Gasteiger partial charge in [-0.25, -0.2) is 4.68 Å². The molecule has 0 aliphatic carbocycles. The Balaban J connectivity index is 2.27. The van der Waals surface area contributed by atoms with Crippen molar-refractivity contribution in [2.45, 2.75) is 32.4 Å². The van der Waals surface area contributed by atoms with E-state index in [4.69, 9.17) is 14.8 Å². The molecule has 0 aliphatic heterocycles. The third-order valence-corrected chi connectivity index (χ3v) is 3.85. The zero-order chi connectivity index (χ0) is 12.2. The SMILES string of the molecule is C[Si](C)(C)CCOCn1ccc(B(O)O)n1. The van der Waals surface area contributed by atoms with E-state index >= 15 is 0 Å². The average molecular weight is 242 g/mol. The van der Waals surface area contributed by atoms with Crippen LogP contribution in [0.2, 0.25) is 25.7 Å². The van der Waals surface area contributed by atoms with Crippen LogP contribution in [0.4, 0.5) is 0 Å². The maximum absolute atomic E-state index is 8.86. The summed E-state index contributed by atoms with van der Waals surface area (Å²) < 4.78 is 7.02. The first kappa shape index (κ1) is 13.4. The van der Waals surface area contributed by atoms with Gasteiger partial charge in [-0.1, -0.05) is 19.6 Å².